The molecule has 98 valence electrons. The van der Waals surface area contributed by atoms with Crippen molar-refractivity contribution < 1.29 is 9.53 Å². The quantitative estimate of drug-likeness (QED) is 0.866. The Labute approximate surface area is 109 Å². The van der Waals surface area contributed by atoms with Crippen LogP contribution in [0.1, 0.15) is 30.4 Å². The first-order valence-electron chi connectivity index (χ1n) is 6.68. The molecule has 3 nitrogen and oxygen atoms in total. The molecule has 1 N–H and O–H groups in total. The van der Waals surface area contributed by atoms with Gasteiger partial charge in [0.05, 0.1) is 6.10 Å². The lowest BCUT2D eigenvalue weighted by Gasteiger charge is -2.10. The van der Waals surface area contributed by atoms with Gasteiger partial charge in [0.2, 0.25) is 5.91 Å². The molecular formula is C15H21NO2. The molecule has 0 aliphatic carbocycles. The highest BCUT2D eigenvalue weighted by atomic mass is 16.5. The van der Waals surface area contributed by atoms with Crippen LogP contribution in [-0.4, -0.2) is 25.2 Å². The van der Waals surface area contributed by atoms with Crippen LogP contribution in [0.25, 0.3) is 0 Å². The lowest BCUT2D eigenvalue weighted by atomic mass is 10.1. The molecule has 1 atom stereocenters. The number of carbonyl (C=O) groups excluding carboxylic acids is 1. The lowest BCUT2D eigenvalue weighted by molar-refractivity contribution is -0.121. The van der Waals surface area contributed by atoms with E-state index in [1.807, 2.05) is 0 Å². The molecule has 0 saturated carbocycles. The van der Waals surface area contributed by atoms with Crippen LogP contribution >= 0.6 is 0 Å². The third kappa shape index (κ3) is 4.15. The second-order valence-corrected chi connectivity index (χ2v) is 4.92. The minimum Gasteiger partial charge on any atom is -0.376 e. The number of amides is 1. The number of nitrogens with one attached hydrogen (secondary N) is 1. The number of ether oxygens (including phenoxy) is 1. The van der Waals surface area contributed by atoms with Crippen LogP contribution in [0.3, 0.4) is 0 Å². The van der Waals surface area contributed by atoms with Gasteiger partial charge in [0.25, 0.3) is 0 Å². The summed E-state index contributed by atoms with van der Waals surface area (Å²) in [6.45, 7) is 3.56. The third-order valence-electron chi connectivity index (χ3n) is 3.31. The summed E-state index contributed by atoms with van der Waals surface area (Å²) in [5.74, 6) is 0.117. The van der Waals surface area contributed by atoms with Gasteiger partial charge in [-0.2, -0.15) is 0 Å². The van der Waals surface area contributed by atoms with E-state index in [4.69, 9.17) is 4.74 Å². The minimum absolute atomic E-state index is 0.117. The highest BCUT2D eigenvalue weighted by Crippen LogP contribution is 2.10. The number of benzene rings is 1. The van der Waals surface area contributed by atoms with Crippen LogP contribution in [0.15, 0.2) is 24.3 Å². The fourth-order valence-electron chi connectivity index (χ4n) is 2.13. The van der Waals surface area contributed by atoms with Gasteiger partial charge < -0.3 is 10.1 Å². The average molecular weight is 247 g/mol. The maximum atomic E-state index is 11.7. The van der Waals surface area contributed by atoms with Crippen molar-refractivity contribution in [3.05, 3.63) is 35.4 Å². The third-order valence-corrected chi connectivity index (χ3v) is 3.31. The number of hydrogen-bond donors (Lipinski definition) is 1. The van der Waals surface area contributed by atoms with Gasteiger partial charge in [0.15, 0.2) is 0 Å². The molecule has 1 aromatic carbocycles. The van der Waals surface area contributed by atoms with E-state index in [-0.39, 0.29) is 12.0 Å². The van der Waals surface area contributed by atoms with Crippen LogP contribution in [0.4, 0.5) is 0 Å². The maximum absolute atomic E-state index is 11.7. The number of rotatable bonds is 5. The molecule has 1 amide bonds. The minimum atomic E-state index is 0.117. The number of aryl methyl sites for hydroxylation is 2. The summed E-state index contributed by atoms with van der Waals surface area (Å²) in [4.78, 5) is 11.7. The smallest absolute Gasteiger partial charge is 0.220 e. The van der Waals surface area contributed by atoms with Crippen LogP contribution in [0.5, 0.6) is 0 Å². The Morgan fingerprint density at radius 2 is 2.17 bits per heavy atom. The molecule has 0 radical (unpaired) electrons. The van der Waals surface area contributed by atoms with E-state index in [1.165, 1.54) is 11.1 Å². The van der Waals surface area contributed by atoms with Crippen molar-refractivity contribution >= 4 is 5.91 Å². The Bertz CT molecular complexity index is 380. The molecule has 1 saturated heterocycles. The summed E-state index contributed by atoms with van der Waals surface area (Å²) >= 11 is 0. The molecule has 18 heavy (non-hydrogen) atoms. The van der Waals surface area contributed by atoms with Crippen molar-refractivity contribution in [2.75, 3.05) is 13.2 Å². The Balaban J connectivity index is 1.66. The average Bonchev–Trinajstić information content (AvgIpc) is 2.89. The van der Waals surface area contributed by atoms with Crippen molar-refractivity contribution in [3.63, 3.8) is 0 Å². The molecule has 0 aromatic heterocycles. The standard InChI is InChI=1S/C15H21NO2/c1-12-4-6-13(7-5-12)8-9-15(17)16-11-14-3-2-10-18-14/h4-7,14H,2-3,8-11H2,1H3,(H,16,17)/t14-/m0/s1. The van der Waals surface area contributed by atoms with Crippen molar-refractivity contribution in [2.45, 2.75) is 38.7 Å². The van der Waals surface area contributed by atoms with Gasteiger partial charge in [-0.3, -0.25) is 4.79 Å². The monoisotopic (exact) mass is 247 g/mol. The molecule has 2 rings (SSSR count). The van der Waals surface area contributed by atoms with Gasteiger partial charge in [-0.25, -0.2) is 0 Å². The van der Waals surface area contributed by atoms with Gasteiger partial charge in [-0.15, -0.1) is 0 Å². The highest BCUT2D eigenvalue weighted by Gasteiger charge is 2.15. The first-order valence-corrected chi connectivity index (χ1v) is 6.68. The number of hydrogen-bond acceptors (Lipinski definition) is 2. The van der Waals surface area contributed by atoms with Crippen molar-refractivity contribution in [2.24, 2.45) is 0 Å². The number of carbonyl (C=O) groups is 1. The van der Waals surface area contributed by atoms with Crippen molar-refractivity contribution in [1.29, 1.82) is 0 Å². The van der Waals surface area contributed by atoms with E-state index < -0.39 is 0 Å². The van der Waals surface area contributed by atoms with Gasteiger partial charge >= 0.3 is 0 Å². The topological polar surface area (TPSA) is 38.3 Å². The van der Waals surface area contributed by atoms with Crippen molar-refractivity contribution in [1.82, 2.24) is 5.32 Å². The van der Waals surface area contributed by atoms with E-state index in [0.717, 1.165) is 25.9 Å². The summed E-state index contributed by atoms with van der Waals surface area (Å²) in [5, 5.41) is 2.94. The zero-order valence-corrected chi connectivity index (χ0v) is 10.9. The van der Waals surface area contributed by atoms with Gasteiger partial charge in [-0.1, -0.05) is 29.8 Å². The molecule has 1 aliphatic heterocycles. The molecule has 0 spiro atoms. The summed E-state index contributed by atoms with van der Waals surface area (Å²) in [7, 11) is 0. The molecule has 0 unspecified atom stereocenters. The van der Waals surface area contributed by atoms with Gasteiger partial charge in [0.1, 0.15) is 0 Å². The van der Waals surface area contributed by atoms with E-state index in [9.17, 15) is 4.79 Å². The molecule has 0 bridgehead atoms. The van der Waals surface area contributed by atoms with Gasteiger partial charge in [-0.05, 0) is 31.7 Å². The first kappa shape index (κ1) is 13.1. The molecule has 1 aromatic rings. The van der Waals surface area contributed by atoms with Crippen LogP contribution in [0.2, 0.25) is 0 Å². The lowest BCUT2D eigenvalue weighted by Crippen LogP contribution is -2.31. The SMILES string of the molecule is Cc1ccc(CCC(=O)NC[C@@H]2CCCO2)cc1. The second kappa shape index (κ2) is 6.55. The van der Waals surface area contributed by atoms with Crippen LogP contribution < -0.4 is 5.32 Å². The molecule has 1 aliphatic rings. The Hall–Kier alpha value is -1.35. The van der Waals surface area contributed by atoms with E-state index >= 15 is 0 Å². The van der Waals surface area contributed by atoms with Crippen LogP contribution in [-0.2, 0) is 16.0 Å². The Morgan fingerprint density at radius 3 is 2.83 bits per heavy atom. The fraction of sp³-hybridized carbons (Fsp3) is 0.533. The summed E-state index contributed by atoms with van der Waals surface area (Å²) in [6.07, 6.45) is 3.77. The Kier molecular flexibility index (Phi) is 4.76. The predicted molar refractivity (Wildman–Crippen MR) is 71.5 cm³/mol. The largest absolute Gasteiger partial charge is 0.376 e. The van der Waals surface area contributed by atoms with Crippen LogP contribution in [0, 0.1) is 6.92 Å². The van der Waals surface area contributed by atoms with E-state index in [2.05, 4.69) is 36.5 Å². The Morgan fingerprint density at radius 1 is 1.39 bits per heavy atom. The zero-order chi connectivity index (χ0) is 12.8. The molecule has 1 fully saturated rings. The van der Waals surface area contributed by atoms with Crippen molar-refractivity contribution in [3.8, 4) is 0 Å². The summed E-state index contributed by atoms with van der Waals surface area (Å²) < 4.78 is 5.46. The summed E-state index contributed by atoms with van der Waals surface area (Å²) in [5.41, 5.74) is 2.47. The zero-order valence-electron chi connectivity index (χ0n) is 10.9. The first-order chi connectivity index (χ1) is 8.74. The second-order valence-electron chi connectivity index (χ2n) is 4.92. The molecular weight excluding hydrogens is 226 g/mol. The van der Waals surface area contributed by atoms with E-state index in [1.54, 1.807) is 0 Å². The molecule has 3 heteroatoms. The van der Waals surface area contributed by atoms with Gasteiger partial charge in [0, 0.05) is 19.6 Å². The predicted octanol–water partition coefficient (Wildman–Crippen LogP) is 2.22. The van der Waals surface area contributed by atoms with E-state index in [0.29, 0.717) is 13.0 Å². The highest BCUT2D eigenvalue weighted by molar-refractivity contribution is 5.76. The fourth-order valence-corrected chi connectivity index (χ4v) is 2.13. The normalized spacial score (nSPS) is 18.8. The summed E-state index contributed by atoms with van der Waals surface area (Å²) in [6, 6.07) is 8.34. The molecule has 1 heterocycles. The maximum Gasteiger partial charge on any atom is 0.220 e.